The zero-order valence-corrected chi connectivity index (χ0v) is 11.7. The van der Waals surface area contributed by atoms with Crippen LogP contribution in [0.15, 0.2) is 36.4 Å². The Hall–Kier alpha value is -1.90. The van der Waals surface area contributed by atoms with E-state index in [2.05, 4.69) is 0 Å². The van der Waals surface area contributed by atoms with Crippen molar-refractivity contribution in [3.8, 4) is 0 Å². The third-order valence-electron chi connectivity index (χ3n) is 3.29. The Balaban J connectivity index is 2.41. The molecule has 0 radical (unpaired) electrons. The summed E-state index contributed by atoms with van der Waals surface area (Å²) in [5, 5.41) is 4.59. The van der Waals surface area contributed by atoms with E-state index in [-0.39, 0.29) is 0 Å². The molecule has 0 unspecified atom stereocenters. The zero-order chi connectivity index (χ0) is 14.3. The van der Waals surface area contributed by atoms with Crippen molar-refractivity contribution in [1.29, 1.82) is 0 Å². The lowest BCUT2D eigenvalue weighted by Crippen LogP contribution is -1.91. The van der Waals surface area contributed by atoms with E-state index in [0.717, 1.165) is 21.5 Å². The second-order valence-corrected chi connectivity index (χ2v) is 5.34. The standard InChI is InChI=1S/C16H8Cl2O2/c17-15-5-11-1-9-3-13(7-19)14(8-20)4-10(9)2-12(11)6-16(15)18/h1-8H. The minimum Gasteiger partial charge on any atom is -0.298 e. The number of carbonyl (C=O) groups is 2. The minimum absolute atomic E-state index is 0.381. The molecule has 3 aromatic carbocycles. The first kappa shape index (κ1) is 13.1. The van der Waals surface area contributed by atoms with Gasteiger partial charge in [-0.15, -0.1) is 0 Å². The van der Waals surface area contributed by atoms with E-state index < -0.39 is 0 Å². The molecule has 0 saturated carbocycles. The van der Waals surface area contributed by atoms with Crippen LogP contribution >= 0.6 is 23.2 Å². The largest absolute Gasteiger partial charge is 0.298 e. The number of aldehydes is 2. The van der Waals surface area contributed by atoms with Gasteiger partial charge < -0.3 is 0 Å². The molecule has 4 heteroatoms. The normalized spacial score (nSPS) is 10.9. The van der Waals surface area contributed by atoms with E-state index >= 15 is 0 Å². The summed E-state index contributed by atoms with van der Waals surface area (Å²) in [6.45, 7) is 0. The number of carbonyl (C=O) groups excluding carboxylic acids is 2. The van der Waals surface area contributed by atoms with E-state index in [1.54, 1.807) is 24.3 Å². The molecule has 0 spiro atoms. The van der Waals surface area contributed by atoms with E-state index in [1.807, 2.05) is 12.1 Å². The van der Waals surface area contributed by atoms with Gasteiger partial charge in [0.2, 0.25) is 0 Å². The van der Waals surface area contributed by atoms with E-state index in [4.69, 9.17) is 23.2 Å². The molecule has 98 valence electrons. The van der Waals surface area contributed by atoms with Gasteiger partial charge in [0, 0.05) is 11.1 Å². The topological polar surface area (TPSA) is 34.1 Å². The number of rotatable bonds is 2. The van der Waals surface area contributed by atoms with Gasteiger partial charge in [-0.1, -0.05) is 23.2 Å². The van der Waals surface area contributed by atoms with Gasteiger partial charge in [-0.25, -0.2) is 0 Å². The van der Waals surface area contributed by atoms with Gasteiger partial charge in [0.1, 0.15) is 0 Å². The average molecular weight is 303 g/mol. The molecule has 20 heavy (non-hydrogen) atoms. The molecule has 3 aromatic rings. The maximum absolute atomic E-state index is 11.0. The fraction of sp³-hybridized carbons (Fsp3) is 0. The van der Waals surface area contributed by atoms with E-state index in [0.29, 0.717) is 33.7 Å². The van der Waals surface area contributed by atoms with Crippen LogP contribution in [-0.4, -0.2) is 12.6 Å². The average Bonchev–Trinajstić information content (AvgIpc) is 2.45. The van der Waals surface area contributed by atoms with Crippen molar-refractivity contribution in [3.63, 3.8) is 0 Å². The van der Waals surface area contributed by atoms with Gasteiger partial charge in [-0.3, -0.25) is 9.59 Å². The van der Waals surface area contributed by atoms with Crippen LogP contribution in [0.1, 0.15) is 20.7 Å². The first-order valence-electron chi connectivity index (χ1n) is 5.89. The molecule has 0 amide bonds. The van der Waals surface area contributed by atoms with Crippen LogP contribution in [0, 0.1) is 0 Å². The van der Waals surface area contributed by atoms with Crippen LogP contribution < -0.4 is 0 Å². The van der Waals surface area contributed by atoms with Gasteiger partial charge in [-0.05, 0) is 57.9 Å². The molecule has 0 saturated heterocycles. The summed E-state index contributed by atoms with van der Waals surface area (Å²) < 4.78 is 0. The number of benzene rings is 3. The summed E-state index contributed by atoms with van der Waals surface area (Å²) in [7, 11) is 0. The molecular formula is C16H8Cl2O2. The number of hydrogen-bond donors (Lipinski definition) is 0. The van der Waals surface area contributed by atoms with Crippen LogP contribution in [0.25, 0.3) is 21.5 Å². The van der Waals surface area contributed by atoms with Crippen molar-refractivity contribution in [2.24, 2.45) is 0 Å². The first-order chi connectivity index (χ1) is 9.62. The molecule has 0 atom stereocenters. The Morgan fingerprint density at radius 1 is 0.600 bits per heavy atom. The van der Waals surface area contributed by atoms with Crippen LogP contribution in [0.5, 0.6) is 0 Å². The van der Waals surface area contributed by atoms with Crippen LogP contribution in [0.2, 0.25) is 10.0 Å². The van der Waals surface area contributed by atoms with Crippen molar-refractivity contribution in [2.75, 3.05) is 0 Å². The second kappa shape index (κ2) is 4.89. The Kier molecular flexibility index (Phi) is 3.20. The molecule has 0 aliphatic rings. The van der Waals surface area contributed by atoms with Crippen LogP contribution in [0.4, 0.5) is 0 Å². The molecule has 2 nitrogen and oxygen atoms in total. The fourth-order valence-corrected chi connectivity index (χ4v) is 2.63. The van der Waals surface area contributed by atoms with Gasteiger partial charge in [0.25, 0.3) is 0 Å². The zero-order valence-electron chi connectivity index (χ0n) is 10.2. The Morgan fingerprint density at radius 2 is 0.950 bits per heavy atom. The lowest BCUT2D eigenvalue weighted by atomic mass is 9.99. The Morgan fingerprint density at radius 3 is 1.30 bits per heavy atom. The highest BCUT2D eigenvalue weighted by Crippen LogP contribution is 2.31. The van der Waals surface area contributed by atoms with Crippen LogP contribution in [-0.2, 0) is 0 Å². The maximum atomic E-state index is 11.0. The smallest absolute Gasteiger partial charge is 0.150 e. The third-order valence-corrected chi connectivity index (χ3v) is 4.01. The lowest BCUT2D eigenvalue weighted by molar-refractivity contribution is 0.109. The van der Waals surface area contributed by atoms with Crippen molar-refractivity contribution in [1.82, 2.24) is 0 Å². The summed E-state index contributed by atoms with van der Waals surface area (Å²) in [6.07, 6.45) is 1.37. The molecule has 0 aliphatic carbocycles. The minimum atomic E-state index is 0.381. The summed E-state index contributed by atoms with van der Waals surface area (Å²) in [4.78, 5) is 22.0. The van der Waals surface area contributed by atoms with Gasteiger partial charge in [-0.2, -0.15) is 0 Å². The molecular weight excluding hydrogens is 295 g/mol. The maximum Gasteiger partial charge on any atom is 0.150 e. The monoisotopic (exact) mass is 302 g/mol. The molecule has 3 rings (SSSR count). The Bertz CT molecular complexity index is 797. The first-order valence-corrected chi connectivity index (χ1v) is 6.65. The summed E-state index contributed by atoms with van der Waals surface area (Å²) in [5.41, 5.74) is 0.763. The Labute approximate surface area is 124 Å². The predicted octanol–water partition coefficient (Wildman–Crippen LogP) is 4.92. The molecule has 0 bridgehead atoms. The van der Waals surface area contributed by atoms with Gasteiger partial charge in [0.15, 0.2) is 12.6 Å². The van der Waals surface area contributed by atoms with Gasteiger partial charge >= 0.3 is 0 Å². The molecule has 0 aromatic heterocycles. The molecule has 0 aliphatic heterocycles. The molecule has 0 heterocycles. The number of fused-ring (bicyclic) bond motifs is 2. The third kappa shape index (κ3) is 2.07. The van der Waals surface area contributed by atoms with E-state index in [9.17, 15) is 9.59 Å². The number of halogens is 2. The van der Waals surface area contributed by atoms with Crippen molar-refractivity contribution >= 4 is 57.3 Å². The van der Waals surface area contributed by atoms with Crippen molar-refractivity contribution in [2.45, 2.75) is 0 Å². The predicted molar refractivity (Wildman–Crippen MR) is 82.2 cm³/mol. The highest BCUT2D eigenvalue weighted by atomic mass is 35.5. The van der Waals surface area contributed by atoms with E-state index in [1.165, 1.54) is 0 Å². The summed E-state index contributed by atoms with van der Waals surface area (Å²) >= 11 is 12.0. The second-order valence-electron chi connectivity index (χ2n) is 4.53. The van der Waals surface area contributed by atoms with Crippen molar-refractivity contribution < 1.29 is 9.59 Å². The van der Waals surface area contributed by atoms with Gasteiger partial charge in [0.05, 0.1) is 10.0 Å². The molecule has 0 N–H and O–H groups in total. The molecule has 0 fully saturated rings. The highest BCUT2D eigenvalue weighted by molar-refractivity contribution is 6.42. The van der Waals surface area contributed by atoms with Crippen molar-refractivity contribution in [3.05, 3.63) is 57.6 Å². The van der Waals surface area contributed by atoms with Crippen LogP contribution in [0.3, 0.4) is 0 Å². The fourth-order valence-electron chi connectivity index (χ4n) is 2.29. The number of hydrogen-bond acceptors (Lipinski definition) is 2. The highest BCUT2D eigenvalue weighted by Gasteiger charge is 2.07. The lowest BCUT2D eigenvalue weighted by Gasteiger charge is -2.06. The summed E-state index contributed by atoms with van der Waals surface area (Å²) in [5.74, 6) is 0. The SMILES string of the molecule is O=Cc1cc2cc3cc(Cl)c(Cl)cc3cc2cc1C=O. The quantitative estimate of drug-likeness (QED) is 0.497. The summed E-state index contributed by atoms with van der Waals surface area (Å²) in [6, 6.07) is 10.8.